The Balaban J connectivity index is 1.13. The van der Waals surface area contributed by atoms with Gasteiger partial charge in [0.15, 0.2) is 17.3 Å². The van der Waals surface area contributed by atoms with Gasteiger partial charge in [0.1, 0.15) is 17.2 Å². The summed E-state index contributed by atoms with van der Waals surface area (Å²) >= 11 is 0. The first-order valence-electron chi connectivity index (χ1n) is 13.2. The molecule has 0 unspecified atom stereocenters. The van der Waals surface area contributed by atoms with Gasteiger partial charge in [0.05, 0.1) is 13.2 Å². The van der Waals surface area contributed by atoms with Gasteiger partial charge in [-0.25, -0.2) is 8.78 Å². The standard InChI is InChI=1S/C29H32F2N2O5/c1-19-3-5-21(30)26(27(19)31)28(36)32-12-9-29(10-13-32)11-14-33(18-29)25(35)8-6-22(34)20-4-7-23-24(17-20)38-16-2-15-37-23/h3-5,7,17H,2,6,8-16,18H2,1H3. The smallest absolute Gasteiger partial charge is 0.259 e. The van der Waals surface area contributed by atoms with Crippen LogP contribution in [0, 0.1) is 24.0 Å². The van der Waals surface area contributed by atoms with Crippen LogP contribution in [0.15, 0.2) is 30.3 Å². The Morgan fingerprint density at radius 1 is 0.895 bits per heavy atom. The molecule has 2 aromatic carbocycles. The van der Waals surface area contributed by atoms with Gasteiger partial charge in [0.2, 0.25) is 5.91 Å². The van der Waals surface area contributed by atoms with Crippen molar-refractivity contribution < 1.29 is 32.6 Å². The zero-order valence-electron chi connectivity index (χ0n) is 21.6. The van der Waals surface area contributed by atoms with Crippen LogP contribution in [-0.2, 0) is 4.79 Å². The normalized spacial score (nSPS) is 18.4. The maximum Gasteiger partial charge on any atom is 0.259 e. The Labute approximate surface area is 220 Å². The molecule has 0 saturated carbocycles. The van der Waals surface area contributed by atoms with Crippen molar-refractivity contribution in [1.82, 2.24) is 9.80 Å². The van der Waals surface area contributed by atoms with Crippen molar-refractivity contribution in [1.29, 1.82) is 0 Å². The number of hydrogen-bond acceptors (Lipinski definition) is 5. The summed E-state index contributed by atoms with van der Waals surface area (Å²) in [6.07, 6.45) is 3.14. The van der Waals surface area contributed by atoms with Gasteiger partial charge in [-0.1, -0.05) is 6.07 Å². The van der Waals surface area contributed by atoms with Gasteiger partial charge >= 0.3 is 0 Å². The number of likely N-dealkylation sites (tertiary alicyclic amines) is 2. The van der Waals surface area contributed by atoms with Crippen molar-refractivity contribution in [2.24, 2.45) is 5.41 Å². The van der Waals surface area contributed by atoms with E-state index in [1.165, 1.54) is 17.9 Å². The van der Waals surface area contributed by atoms with Crippen molar-refractivity contribution in [2.45, 2.75) is 45.4 Å². The molecular weight excluding hydrogens is 494 g/mol. The third-order valence-electron chi connectivity index (χ3n) is 8.04. The summed E-state index contributed by atoms with van der Waals surface area (Å²) in [6, 6.07) is 7.56. The Morgan fingerprint density at radius 3 is 2.32 bits per heavy atom. The molecule has 2 fully saturated rings. The van der Waals surface area contributed by atoms with Gasteiger partial charge < -0.3 is 19.3 Å². The van der Waals surface area contributed by atoms with Gasteiger partial charge in [-0.15, -0.1) is 0 Å². The minimum Gasteiger partial charge on any atom is -0.490 e. The van der Waals surface area contributed by atoms with Crippen LogP contribution >= 0.6 is 0 Å². The molecule has 7 nitrogen and oxygen atoms in total. The van der Waals surface area contributed by atoms with E-state index in [4.69, 9.17) is 9.47 Å². The molecule has 202 valence electrons. The van der Waals surface area contributed by atoms with E-state index in [-0.39, 0.29) is 35.5 Å². The van der Waals surface area contributed by atoms with E-state index < -0.39 is 23.1 Å². The lowest BCUT2D eigenvalue weighted by Gasteiger charge is -2.39. The molecule has 0 atom stereocenters. The summed E-state index contributed by atoms with van der Waals surface area (Å²) in [6.45, 7) is 4.56. The largest absolute Gasteiger partial charge is 0.490 e. The predicted molar refractivity (Wildman–Crippen MR) is 135 cm³/mol. The van der Waals surface area contributed by atoms with Crippen molar-refractivity contribution in [2.75, 3.05) is 39.4 Å². The third kappa shape index (κ3) is 5.24. The number of carbonyl (C=O) groups is 3. The third-order valence-corrected chi connectivity index (χ3v) is 8.04. The Kier molecular flexibility index (Phi) is 7.36. The number of hydrogen-bond donors (Lipinski definition) is 0. The summed E-state index contributed by atoms with van der Waals surface area (Å²) in [5.41, 5.74) is 0.117. The molecule has 9 heteroatoms. The molecule has 3 heterocycles. The maximum absolute atomic E-state index is 14.5. The summed E-state index contributed by atoms with van der Waals surface area (Å²) in [5.74, 6) is -1.29. The molecule has 1 spiro atoms. The van der Waals surface area contributed by atoms with Crippen LogP contribution in [-0.4, -0.2) is 66.8 Å². The van der Waals surface area contributed by atoms with Crippen molar-refractivity contribution in [3.63, 3.8) is 0 Å². The van der Waals surface area contributed by atoms with Crippen molar-refractivity contribution >= 4 is 17.6 Å². The minimum absolute atomic E-state index is 0.0630. The molecule has 0 N–H and O–H groups in total. The van der Waals surface area contributed by atoms with E-state index in [0.29, 0.717) is 69.3 Å². The van der Waals surface area contributed by atoms with Crippen LogP contribution in [0.3, 0.4) is 0 Å². The number of nitrogens with zero attached hydrogens (tertiary/aromatic N) is 2. The van der Waals surface area contributed by atoms with Crippen LogP contribution in [0.2, 0.25) is 0 Å². The van der Waals surface area contributed by atoms with Gasteiger partial charge in [-0.05, 0) is 61.4 Å². The first-order valence-corrected chi connectivity index (χ1v) is 13.2. The van der Waals surface area contributed by atoms with Gasteiger partial charge in [0, 0.05) is 51.0 Å². The number of Topliss-reactive ketones (excluding diaryl/α,β-unsaturated/α-hetero) is 1. The molecule has 0 aromatic heterocycles. The summed E-state index contributed by atoms with van der Waals surface area (Å²) < 4.78 is 40.0. The number of amides is 2. The highest BCUT2D eigenvalue weighted by Gasteiger charge is 2.43. The number of rotatable bonds is 5. The number of aryl methyl sites for hydroxylation is 1. The highest BCUT2D eigenvalue weighted by Crippen LogP contribution is 2.41. The predicted octanol–water partition coefficient (Wildman–Crippen LogP) is 4.55. The average Bonchev–Trinajstić information content (AvgIpc) is 3.18. The highest BCUT2D eigenvalue weighted by molar-refractivity contribution is 5.98. The fourth-order valence-corrected chi connectivity index (χ4v) is 5.61. The lowest BCUT2D eigenvalue weighted by molar-refractivity contribution is -0.130. The molecule has 5 rings (SSSR count). The zero-order valence-corrected chi connectivity index (χ0v) is 21.6. The van der Waals surface area contributed by atoms with E-state index in [0.717, 1.165) is 18.9 Å². The molecule has 2 amide bonds. The second-order valence-corrected chi connectivity index (χ2v) is 10.5. The minimum atomic E-state index is -0.850. The van der Waals surface area contributed by atoms with E-state index >= 15 is 0 Å². The van der Waals surface area contributed by atoms with Crippen molar-refractivity contribution in [3.8, 4) is 11.5 Å². The number of halogens is 2. The fraction of sp³-hybridized carbons (Fsp3) is 0.483. The number of carbonyl (C=O) groups excluding carboxylic acids is 3. The Morgan fingerprint density at radius 2 is 1.58 bits per heavy atom. The van der Waals surface area contributed by atoms with E-state index in [2.05, 4.69) is 0 Å². The molecule has 3 aliphatic rings. The molecule has 0 bridgehead atoms. The van der Waals surface area contributed by atoms with Gasteiger partial charge in [0.25, 0.3) is 5.91 Å². The van der Waals surface area contributed by atoms with Crippen LogP contribution in [0.5, 0.6) is 11.5 Å². The molecule has 2 aromatic rings. The number of fused-ring (bicyclic) bond motifs is 1. The number of ether oxygens (including phenoxy) is 2. The average molecular weight is 527 g/mol. The van der Waals surface area contributed by atoms with Gasteiger partial charge in [-0.3, -0.25) is 14.4 Å². The fourth-order valence-electron chi connectivity index (χ4n) is 5.61. The lowest BCUT2D eigenvalue weighted by Crippen LogP contribution is -2.45. The second kappa shape index (κ2) is 10.7. The van der Waals surface area contributed by atoms with E-state index in [9.17, 15) is 23.2 Å². The summed E-state index contributed by atoms with van der Waals surface area (Å²) in [5, 5.41) is 0. The molecular formula is C29H32F2N2O5. The van der Waals surface area contributed by atoms with E-state index in [1.54, 1.807) is 23.1 Å². The molecule has 38 heavy (non-hydrogen) atoms. The zero-order chi connectivity index (χ0) is 26.9. The van der Waals surface area contributed by atoms with Crippen LogP contribution < -0.4 is 9.47 Å². The topological polar surface area (TPSA) is 76.2 Å². The maximum atomic E-state index is 14.5. The Bertz CT molecular complexity index is 1260. The molecule has 3 aliphatic heterocycles. The quantitative estimate of drug-likeness (QED) is 0.535. The van der Waals surface area contributed by atoms with Crippen LogP contribution in [0.25, 0.3) is 0 Å². The first kappa shape index (κ1) is 26.1. The monoisotopic (exact) mass is 526 g/mol. The Hall–Kier alpha value is -3.49. The highest BCUT2D eigenvalue weighted by atomic mass is 19.1. The SMILES string of the molecule is Cc1ccc(F)c(C(=O)N2CCC3(CCN(C(=O)CCC(=O)c4ccc5c(c4)OCCCO5)C3)CC2)c1F. The summed E-state index contributed by atoms with van der Waals surface area (Å²) in [4.78, 5) is 41.9. The number of piperidine rings is 1. The van der Waals surface area contributed by atoms with Crippen LogP contribution in [0.4, 0.5) is 8.78 Å². The second-order valence-electron chi connectivity index (χ2n) is 10.5. The molecule has 0 radical (unpaired) electrons. The van der Waals surface area contributed by atoms with E-state index in [1.807, 2.05) is 0 Å². The van der Waals surface area contributed by atoms with Gasteiger partial charge in [-0.2, -0.15) is 0 Å². The summed E-state index contributed by atoms with van der Waals surface area (Å²) in [7, 11) is 0. The first-order chi connectivity index (χ1) is 18.3. The van der Waals surface area contributed by atoms with Crippen molar-refractivity contribution in [3.05, 3.63) is 58.7 Å². The number of benzene rings is 2. The number of ketones is 1. The lowest BCUT2D eigenvalue weighted by atomic mass is 9.77. The molecule has 2 saturated heterocycles. The van der Waals surface area contributed by atoms with Crippen LogP contribution in [0.1, 0.15) is 64.8 Å². The molecule has 0 aliphatic carbocycles.